The molecule has 3 fully saturated rings. The van der Waals surface area contributed by atoms with Gasteiger partial charge in [0.15, 0.2) is 0 Å². The third kappa shape index (κ3) is 12.5. The first kappa shape index (κ1) is 64.0. The summed E-state index contributed by atoms with van der Waals surface area (Å²) in [5.41, 5.74) is 13.1. The largest absolute Gasteiger partial charge is 0.494 e. The number of benzene rings is 10. The Hall–Kier alpha value is -7.12. The minimum Gasteiger partial charge on any atom is -0.405 e. The van der Waals surface area contributed by atoms with Gasteiger partial charge in [-0.15, -0.1) is 22.7 Å². The van der Waals surface area contributed by atoms with Gasteiger partial charge in [0.25, 0.3) is 0 Å². The maximum absolute atomic E-state index is 6.61. The molecule has 5 heterocycles. The number of rotatable bonds is 8. The summed E-state index contributed by atoms with van der Waals surface area (Å²) in [4.78, 5) is 0. The Morgan fingerprint density at radius 2 is 0.582 bits per heavy atom. The molecule has 12 aromatic rings. The van der Waals surface area contributed by atoms with E-state index in [1.807, 2.05) is 90.2 Å². The van der Waals surface area contributed by atoms with E-state index in [2.05, 4.69) is 246 Å². The number of halogens is 1. The molecule has 458 valence electrons. The minimum atomic E-state index is -0.476. The first-order valence-corrected chi connectivity index (χ1v) is 33.1. The summed E-state index contributed by atoms with van der Waals surface area (Å²) in [5.74, 6) is 0. The molecule has 0 spiro atoms. The second-order valence-electron chi connectivity index (χ2n) is 26.9. The fraction of sp³-hybridized carbons (Fsp3) is 0.241. The van der Waals surface area contributed by atoms with Crippen LogP contribution < -0.4 is 5.46 Å². The van der Waals surface area contributed by atoms with E-state index in [0.717, 1.165) is 32.7 Å². The third-order valence-electron chi connectivity index (χ3n) is 19.2. The van der Waals surface area contributed by atoms with Crippen LogP contribution in [0.2, 0.25) is 5.02 Å². The monoisotopic (exact) mass is 1250 g/mol. The molecule has 6 nitrogen and oxygen atoms in total. The van der Waals surface area contributed by atoms with Crippen LogP contribution >= 0.6 is 34.3 Å². The van der Waals surface area contributed by atoms with Crippen LogP contribution in [0.15, 0.2) is 231 Å². The lowest BCUT2D eigenvalue weighted by Gasteiger charge is -2.32. The molecule has 2 aromatic heterocycles. The van der Waals surface area contributed by atoms with Crippen molar-refractivity contribution < 1.29 is 27.9 Å². The Kier molecular flexibility index (Phi) is 17.4. The van der Waals surface area contributed by atoms with Crippen molar-refractivity contribution in [1.82, 2.24) is 0 Å². The first-order valence-electron chi connectivity index (χ1n) is 31.1. The smallest absolute Gasteiger partial charge is 0.405 e. The van der Waals surface area contributed by atoms with Gasteiger partial charge in [0.1, 0.15) is 0 Å². The summed E-state index contributed by atoms with van der Waals surface area (Å²) in [7, 11) is -1.39. The van der Waals surface area contributed by atoms with Crippen molar-refractivity contribution in [3.05, 3.63) is 236 Å². The molecule has 0 unspecified atom stereocenters. The highest BCUT2D eigenvalue weighted by atomic mass is 35.5. The minimum absolute atomic E-state index is 0. The predicted octanol–water partition coefficient (Wildman–Crippen LogP) is 21.9. The van der Waals surface area contributed by atoms with E-state index in [0.29, 0.717) is 0 Å². The number of hydrogen-bond donors (Lipinski definition) is 0. The Balaban J connectivity index is 0.000000140. The van der Waals surface area contributed by atoms with E-state index < -0.39 is 32.3 Å². The molecule has 12 heteroatoms. The molecule has 3 saturated heterocycles. The van der Waals surface area contributed by atoms with Crippen molar-refractivity contribution in [3.63, 3.8) is 0 Å². The van der Waals surface area contributed by atoms with Crippen LogP contribution in [0.4, 0.5) is 0 Å². The molecule has 10 aromatic carbocycles. The second-order valence-corrected chi connectivity index (χ2v) is 29.4. The zero-order valence-electron chi connectivity index (χ0n) is 53.3. The molecule has 15 rings (SSSR count). The molecule has 0 aliphatic carbocycles. The van der Waals surface area contributed by atoms with Gasteiger partial charge in [-0.05, 0) is 192 Å². The van der Waals surface area contributed by atoms with Gasteiger partial charge in [0.2, 0.25) is 0 Å². The zero-order valence-corrected chi connectivity index (χ0v) is 55.7. The van der Waals surface area contributed by atoms with Crippen LogP contribution in [-0.4, -0.2) is 54.7 Å². The molecule has 0 atom stereocenters. The lowest BCUT2D eigenvalue weighted by atomic mass is 9.49. The van der Waals surface area contributed by atoms with Crippen LogP contribution in [0.5, 0.6) is 0 Å². The van der Waals surface area contributed by atoms with Crippen molar-refractivity contribution in [2.24, 2.45) is 0 Å². The van der Waals surface area contributed by atoms with E-state index in [1.54, 1.807) is 0 Å². The molecule has 0 N–H and O–H groups in total. The lowest BCUT2D eigenvalue weighted by molar-refractivity contribution is 0.00578. The topological polar surface area (TPSA) is 55.4 Å². The fourth-order valence-electron chi connectivity index (χ4n) is 11.9. The maximum Gasteiger partial charge on any atom is 0.494 e. The van der Waals surface area contributed by atoms with Crippen LogP contribution in [-0.2, 0) is 27.9 Å². The fourth-order valence-corrected chi connectivity index (χ4v) is 14.6. The van der Waals surface area contributed by atoms with E-state index in [9.17, 15) is 0 Å². The number of fused-ring (bicyclic) bond motifs is 6. The second kappa shape index (κ2) is 24.7. The van der Waals surface area contributed by atoms with Gasteiger partial charge in [-0.1, -0.05) is 213 Å². The standard InChI is InChI=1S/C36H31BO2S.C30H19ClS.C12H24B2O4.CH4/c1-35(2)36(3,4)39-37(38-35)29-22-27(26-19-17-25(18-20-26)24-11-6-5-7-12-24)21-28(23-29)30-14-10-15-32-31-13-8-9-16-33(31)40-34(30)32;31-25-18-23(22-15-13-21(14-16-22)20-7-2-1-3-8-20)17-24(19-25)26-10-6-11-28-27-9-4-5-12-29(27)32-30(26)28;1-9(2)10(3,4)16-13(15-9)14-17-11(5,6)12(7,8)18-14;/h5-23H,1-4H3;1-19H;1-8H3;1H4. The molecule has 0 radical (unpaired) electrons. The summed E-state index contributed by atoms with van der Waals surface area (Å²) in [5, 5.41) is 5.98. The van der Waals surface area contributed by atoms with Crippen molar-refractivity contribution in [3.8, 4) is 66.8 Å². The van der Waals surface area contributed by atoms with Crippen molar-refractivity contribution >= 4 is 101 Å². The highest BCUT2D eigenvalue weighted by molar-refractivity contribution is 7.26. The molecule has 3 aliphatic heterocycles. The normalized spacial score (nSPS) is 17.4. The van der Waals surface area contributed by atoms with Gasteiger partial charge in [-0.2, -0.15) is 0 Å². The highest BCUT2D eigenvalue weighted by Gasteiger charge is 2.64. The predicted molar refractivity (Wildman–Crippen MR) is 391 cm³/mol. The summed E-state index contributed by atoms with van der Waals surface area (Å²) < 4.78 is 42.1. The molecular weight excluding hydrogens is 1180 g/mol. The molecule has 91 heavy (non-hydrogen) atoms. The molecule has 0 bridgehead atoms. The maximum atomic E-state index is 6.61. The Bertz CT molecular complexity index is 4520. The van der Waals surface area contributed by atoms with Crippen molar-refractivity contribution in [2.45, 2.75) is 124 Å². The van der Waals surface area contributed by atoms with E-state index in [4.69, 9.17) is 39.5 Å². The molecule has 0 saturated carbocycles. The van der Waals surface area contributed by atoms with E-state index >= 15 is 0 Å². The summed E-state index contributed by atoms with van der Waals surface area (Å²) in [6.07, 6.45) is 0. The van der Waals surface area contributed by atoms with E-state index in [-0.39, 0.29) is 29.8 Å². The summed E-state index contributed by atoms with van der Waals surface area (Å²) >= 11 is 10.3. The first-order chi connectivity index (χ1) is 42.9. The quantitative estimate of drug-likeness (QED) is 0.141. The molecule has 3 aliphatic rings. The van der Waals surface area contributed by atoms with Crippen LogP contribution in [0.3, 0.4) is 0 Å². The van der Waals surface area contributed by atoms with Gasteiger partial charge in [0, 0.05) is 45.4 Å². The van der Waals surface area contributed by atoms with Crippen molar-refractivity contribution in [1.29, 1.82) is 0 Å². The zero-order chi connectivity index (χ0) is 63.0. The summed E-state index contributed by atoms with van der Waals surface area (Å²) in [6, 6.07) is 82.2. The third-order valence-corrected chi connectivity index (χ3v) is 21.9. The van der Waals surface area contributed by atoms with Gasteiger partial charge < -0.3 is 27.9 Å². The van der Waals surface area contributed by atoms with Gasteiger partial charge in [0.05, 0.1) is 33.6 Å². The Morgan fingerprint density at radius 1 is 0.286 bits per heavy atom. The Labute approximate surface area is 551 Å². The average Bonchev–Trinajstić information content (AvgIpc) is 1.64. The van der Waals surface area contributed by atoms with Gasteiger partial charge in [-0.25, -0.2) is 0 Å². The van der Waals surface area contributed by atoms with Gasteiger partial charge >= 0.3 is 21.1 Å². The highest BCUT2D eigenvalue weighted by Crippen LogP contribution is 2.46. The number of thiophene rings is 2. The van der Waals surface area contributed by atoms with Crippen LogP contribution in [0, 0.1) is 0 Å². The summed E-state index contributed by atoms with van der Waals surface area (Å²) in [6.45, 7) is 24.6. The van der Waals surface area contributed by atoms with E-state index in [1.165, 1.54) is 84.9 Å². The van der Waals surface area contributed by atoms with Crippen molar-refractivity contribution in [2.75, 3.05) is 0 Å². The lowest BCUT2D eigenvalue weighted by Crippen LogP contribution is -2.41. The molecule has 0 amide bonds. The SMILES string of the molecule is C.CC1(C)OB(B2OC(C)(C)C(C)(C)O2)OC1(C)C.CC1(C)OB(c2cc(-c3ccc(-c4ccccc4)cc3)cc(-c3cccc4c3sc3ccccc34)c2)OC1(C)C.Clc1cc(-c2ccc(-c3ccccc3)cc2)cc(-c2cccc3c2sc2ccccc23)c1. The van der Waals surface area contributed by atoms with Gasteiger partial charge in [-0.3, -0.25) is 0 Å². The van der Waals surface area contributed by atoms with Crippen LogP contribution in [0.25, 0.3) is 107 Å². The Morgan fingerprint density at radius 3 is 0.989 bits per heavy atom. The molecular formula is C79H78B3ClO6S2. The average molecular weight is 1260 g/mol. The number of hydrogen-bond acceptors (Lipinski definition) is 8. The van der Waals surface area contributed by atoms with Crippen LogP contribution in [0.1, 0.15) is 90.5 Å².